The van der Waals surface area contributed by atoms with Crippen LogP contribution in [0.1, 0.15) is 27.8 Å². The fourth-order valence-corrected chi connectivity index (χ4v) is 9.67. The maximum absolute atomic E-state index is 11.1. The Bertz CT molecular complexity index is 1420. The maximum atomic E-state index is 11.1. The van der Waals surface area contributed by atoms with E-state index in [9.17, 15) is 5.11 Å². The number of thiophene rings is 3. The maximum Gasteiger partial charge on any atom is 0.0823 e. The molecule has 1 N–H and O–H groups in total. The molecule has 3 aromatic heterocycles. The smallest absolute Gasteiger partial charge is 0.0823 e. The topological polar surface area (TPSA) is 20.2 Å². The number of fused-ring (bicyclic) bond motifs is 3. The van der Waals surface area contributed by atoms with Crippen LogP contribution in [0.5, 0.6) is 0 Å². The van der Waals surface area contributed by atoms with E-state index in [4.69, 9.17) is 0 Å². The van der Waals surface area contributed by atoms with Gasteiger partial charge in [-0.3, -0.25) is 0 Å². The normalized spacial score (nSPS) is 16.4. The van der Waals surface area contributed by atoms with E-state index in [1.54, 1.807) is 0 Å². The Labute approximate surface area is 192 Å². The van der Waals surface area contributed by atoms with E-state index in [-0.39, 0.29) is 6.10 Å². The zero-order valence-corrected chi connectivity index (χ0v) is 20.0. The van der Waals surface area contributed by atoms with Gasteiger partial charge in [0.25, 0.3) is 0 Å². The van der Waals surface area contributed by atoms with Gasteiger partial charge in [-0.05, 0) is 32.4 Å². The zero-order valence-electron chi connectivity index (χ0n) is 16.7. The third kappa shape index (κ3) is 2.76. The number of hydrogen-bond acceptors (Lipinski definition) is 5. The van der Waals surface area contributed by atoms with E-state index in [0.29, 0.717) is 0 Å². The second kappa shape index (κ2) is 7.21. The van der Waals surface area contributed by atoms with Gasteiger partial charge in [-0.2, -0.15) is 0 Å². The summed E-state index contributed by atoms with van der Waals surface area (Å²) in [6, 6.07) is 17.4. The summed E-state index contributed by atoms with van der Waals surface area (Å²) in [5.74, 6) is 0.986. The van der Waals surface area contributed by atoms with Crippen LogP contribution in [0.25, 0.3) is 41.7 Å². The van der Waals surface area contributed by atoms with Gasteiger partial charge < -0.3 is 5.11 Å². The van der Waals surface area contributed by atoms with Crippen LogP contribution in [0.15, 0.2) is 52.7 Å². The minimum absolute atomic E-state index is 0.385. The van der Waals surface area contributed by atoms with Crippen LogP contribution >= 0.6 is 45.8 Å². The van der Waals surface area contributed by atoms with Crippen LogP contribution in [-0.4, -0.2) is 10.9 Å². The molecule has 0 saturated heterocycles. The fourth-order valence-electron chi connectivity index (χ4n) is 4.59. The lowest BCUT2D eigenvalue weighted by Crippen LogP contribution is -2.05. The summed E-state index contributed by atoms with van der Waals surface area (Å²) in [5.41, 5.74) is 5.11. The predicted molar refractivity (Wildman–Crippen MR) is 136 cm³/mol. The Balaban J connectivity index is 1.76. The summed E-state index contributed by atoms with van der Waals surface area (Å²) < 4.78 is 3.95. The summed E-state index contributed by atoms with van der Waals surface area (Å²) in [5, 5.41) is 13.7. The van der Waals surface area contributed by atoms with Crippen LogP contribution in [0.4, 0.5) is 0 Å². The lowest BCUT2D eigenvalue weighted by molar-refractivity contribution is 0.172. The van der Waals surface area contributed by atoms with E-state index < -0.39 is 0 Å². The van der Waals surface area contributed by atoms with Crippen LogP contribution in [0.2, 0.25) is 0 Å². The second-order valence-corrected chi connectivity index (χ2v) is 12.6. The van der Waals surface area contributed by atoms with Crippen molar-refractivity contribution in [2.75, 3.05) is 5.75 Å². The van der Waals surface area contributed by atoms with Gasteiger partial charge in [0, 0.05) is 62.8 Å². The van der Waals surface area contributed by atoms with Crippen LogP contribution < -0.4 is 0 Å². The van der Waals surface area contributed by atoms with Crippen molar-refractivity contribution >= 4 is 65.9 Å². The number of benzene rings is 2. The number of thioether (sulfide) groups is 1. The largest absolute Gasteiger partial charge is 0.388 e. The zero-order chi connectivity index (χ0) is 20.4. The molecule has 5 aromatic rings. The van der Waals surface area contributed by atoms with Gasteiger partial charge in [0.1, 0.15) is 0 Å². The molecule has 2 aromatic carbocycles. The van der Waals surface area contributed by atoms with E-state index in [1.165, 1.54) is 55.7 Å². The SMILES string of the molecule is Cc1sc2ccccc2c1-c1sc2c(c1-c1c(C)sc3ccccc13)C(O)CCS2. The van der Waals surface area contributed by atoms with Crippen molar-refractivity contribution in [2.45, 2.75) is 30.6 Å². The molecule has 4 heterocycles. The molecule has 0 aliphatic carbocycles. The molecule has 1 unspecified atom stereocenters. The highest BCUT2D eigenvalue weighted by Gasteiger charge is 2.32. The Morgan fingerprint density at radius 3 is 2.07 bits per heavy atom. The van der Waals surface area contributed by atoms with Gasteiger partial charge in [0.15, 0.2) is 0 Å². The van der Waals surface area contributed by atoms with Crippen molar-refractivity contribution in [1.82, 2.24) is 0 Å². The lowest BCUT2D eigenvalue weighted by atomic mass is 9.92. The predicted octanol–water partition coefficient (Wildman–Crippen LogP) is 8.66. The van der Waals surface area contributed by atoms with E-state index in [1.807, 2.05) is 45.8 Å². The molecular weight excluding hydrogens is 445 g/mol. The molecule has 0 spiro atoms. The summed E-state index contributed by atoms with van der Waals surface area (Å²) >= 11 is 7.53. The summed E-state index contributed by atoms with van der Waals surface area (Å²) in [6.45, 7) is 4.47. The second-order valence-electron chi connectivity index (χ2n) is 7.72. The summed E-state index contributed by atoms with van der Waals surface area (Å²) in [4.78, 5) is 4.01. The first-order valence-corrected chi connectivity index (χ1v) is 13.5. The van der Waals surface area contributed by atoms with Gasteiger partial charge in [-0.15, -0.1) is 45.8 Å². The third-order valence-electron chi connectivity index (χ3n) is 5.89. The third-order valence-corrected chi connectivity index (χ3v) is 10.6. The van der Waals surface area contributed by atoms with Gasteiger partial charge in [0.05, 0.1) is 10.3 Å². The molecule has 0 saturated carbocycles. The molecule has 1 aliphatic heterocycles. The first kappa shape index (κ1) is 19.1. The van der Waals surface area contributed by atoms with E-state index >= 15 is 0 Å². The molecule has 1 aliphatic rings. The van der Waals surface area contributed by atoms with Crippen molar-refractivity contribution in [3.8, 4) is 21.6 Å². The first-order valence-electron chi connectivity index (χ1n) is 10.1. The van der Waals surface area contributed by atoms with Crippen LogP contribution in [0, 0.1) is 13.8 Å². The van der Waals surface area contributed by atoms with Gasteiger partial charge >= 0.3 is 0 Å². The number of rotatable bonds is 2. The van der Waals surface area contributed by atoms with Crippen molar-refractivity contribution in [3.05, 3.63) is 63.8 Å². The fraction of sp³-hybridized carbons (Fsp3) is 0.200. The highest BCUT2D eigenvalue weighted by Crippen LogP contribution is 2.57. The Kier molecular flexibility index (Phi) is 4.59. The lowest BCUT2D eigenvalue weighted by Gasteiger charge is -2.19. The molecule has 6 rings (SSSR count). The minimum atomic E-state index is -0.385. The Morgan fingerprint density at radius 1 is 0.767 bits per heavy atom. The average molecular weight is 465 g/mol. The van der Waals surface area contributed by atoms with Crippen molar-refractivity contribution in [1.29, 1.82) is 0 Å². The highest BCUT2D eigenvalue weighted by molar-refractivity contribution is 8.01. The Hall–Kier alpha value is -1.63. The number of hydrogen-bond donors (Lipinski definition) is 1. The van der Waals surface area contributed by atoms with Crippen LogP contribution in [-0.2, 0) is 0 Å². The molecular formula is C25H20OS4. The van der Waals surface area contributed by atoms with Crippen molar-refractivity contribution in [2.24, 2.45) is 0 Å². The minimum Gasteiger partial charge on any atom is -0.388 e. The monoisotopic (exact) mass is 464 g/mol. The standard InChI is InChI=1S/C25H20OS4/c1-13-20(15-7-3-5-9-18(15)28-13)23-22-17(26)11-12-27-25(22)30-24(23)21-14(2)29-19-10-6-4-8-16(19)21/h3-10,17,26H,11-12H2,1-2H3. The molecule has 30 heavy (non-hydrogen) atoms. The molecule has 0 amide bonds. The average Bonchev–Trinajstić information content (AvgIpc) is 3.37. The summed E-state index contributed by atoms with van der Waals surface area (Å²) in [6.07, 6.45) is 0.440. The molecule has 5 heteroatoms. The quantitative estimate of drug-likeness (QED) is 0.282. The van der Waals surface area contributed by atoms with Crippen molar-refractivity contribution < 1.29 is 5.11 Å². The van der Waals surface area contributed by atoms with Crippen molar-refractivity contribution in [3.63, 3.8) is 0 Å². The molecule has 0 fully saturated rings. The molecule has 1 atom stereocenters. The summed E-state index contributed by atoms with van der Waals surface area (Å²) in [7, 11) is 0. The van der Waals surface area contributed by atoms with Gasteiger partial charge in [-0.1, -0.05) is 36.4 Å². The number of aliphatic hydroxyl groups excluding tert-OH is 1. The molecule has 0 radical (unpaired) electrons. The Morgan fingerprint density at radius 2 is 1.37 bits per heavy atom. The van der Waals surface area contributed by atoms with Gasteiger partial charge in [-0.25, -0.2) is 0 Å². The number of aryl methyl sites for hydroxylation is 2. The molecule has 0 bridgehead atoms. The molecule has 1 nitrogen and oxygen atoms in total. The van der Waals surface area contributed by atoms with E-state index in [0.717, 1.165) is 17.7 Å². The van der Waals surface area contributed by atoms with Gasteiger partial charge in [0.2, 0.25) is 0 Å². The van der Waals surface area contributed by atoms with Crippen LogP contribution in [0.3, 0.4) is 0 Å². The number of aliphatic hydroxyl groups is 1. The highest BCUT2D eigenvalue weighted by atomic mass is 32.2. The van der Waals surface area contributed by atoms with E-state index in [2.05, 4.69) is 62.4 Å². The first-order chi connectivity index (χ1) is 14.6. The molecule has 150 valence electrons.